The Hall–Kier alpha value is -1.49. The van der Waals surface area contributed by atoms with Gasteiger partial charge in [0, 0.05) is 17.9 Å². The highest BCUT2D eigenvalue weighted by Crippen LogP contribution is 2.30. The molecule has 94 valence electrons. The fourth-order valence-corrected chi connectivity index (χ4v) is 3.53. The summed E-state index contributed by atoms with van der Waals surface area (Å²) in [5.74, 6) is 1.86. The van der Waals surface area contributed by atoms with Crippen molar-refractivity contribution in [1.82, 2.24) is 9.38 Å². The highest BCUT2D eigenvalue weighted by atomic mass is 32.2. The number of fused-ring (bicyclic) bond motifs is 1. The molecule has 1 unspecified atom stereocenters. The Morgan fingerprint density at radius 2 is 2.39 bits per heavy atom. The molecular formula is C13H14N2O2S. The van der Waals surface area contributed by atoms with Crippen molar-refractivity contribution in [1.29, 1.82) is 0 Å². The van der Waals surface area contributed by atoms with Crippen LogP contribution in [-0.2, 0) is 0 Å². The molecule has 0 aliphatic carbocycles. The fourth-order valence-electron chi connectivity index (χ4n) is 2.37. The first-order valence-corrected chi connectivity index (χ1v) is 7.20. The first kappa shape index (κ1) is 11.6. The number of thioether (sulfide) groups is 1. The molecule has 0 aromatic carbocycles. The summed E-state index contributed by atoms with van der Waals surface area (Å²) in [7, 11) is 0. The van der Waals surface area contributed by atoms with Gasteiger partial charge in [0.1, 0.15) is 11.3 Å². The maximum atomic E-state index is 11.1. The number of nitrogens with zero attached hydrogens (tertiary/aromatic N) is 2. The molecule has 2 aromatic heterocycles. The number of carboxylic acids is 1. The van der Waals surface area contributed by atoms with E-state index in [4.69, 9.17) is 5.11 Å². The summed E-state index contributed by atoms with van der Waals surface area (Å²) in [5, 5.41) is 9.15. The van der Waals surface area contributed by atoms with E-state index < -0.39 is 5.97 Å². The number of aromatic carboxylic acids is 1. The van der Waals surface area contributed by atoms with E-state index in [9.17, 15) is 4.79 Å². The van der Waals surface area contributed by atoms with Crippen molar-refractivity contribution >= 4 is 23.4 Å². The SMILES string of the molecule is O=C(O)c1cccc2nc(C3CCCSC3)cn12. The molecule has 3 heterocycles. The third-order valence-electron chi connectivity index (χ3n) is 3.31. The maximum absolute atomic E-state index is 11.1. The number of hydrogen-bond donors (Lipinski definition) is 1. The van der Waals surface area contributed by atoms with Gasteiger partial charge in [-0.05, 0) is 30.7 Å². The molecule has 1 fully saturated rings. The van der Waals surface area contributed by atoms with Gasteiger partial charge in [-0.2, -0.15) is 11.8 Å². The van der Waals surface area contributed by atoms with Crippen molar-refractivity contribution in [2.45, 2.75) is 18.8 Å². The minimum atomic E-state index is -0.914. The molecule has 1 aliphatic rings. The van der Waals surface area contributed by atoms with Gasteiger partial charge in [0.25, 0.3) is 0 Å². The molecule has 1 saturated heterocycles. The zero-order chi connectivity index (χ0) is 12.5. The summed E-state index contributed by atoms with van der Waals surface area (Å²) < 4.78 is 1.68. The smallest absolute Gasteiger partial charge is 0.352 e. The molecule has 0 amide bonds. The summed E-state index contributed by atoms with van der Waals surface area (Å²) in [4.78, 5) is 15.7. The van der Waals surface area contributed by atoms with Crippen molar-refractivity contribution in [2.75, 3.05) is 11.5 Å². The van der Waals surface area contributed by atoms with Crippen molar-refractivity contribution in [3.05, 3.63) is 35.8 Å². The standard InChI is InChI=1S/C13H14N2O2S/c16-13(17)11-4-1-5-12-14-10(7-15(11)12)9-3-2-6-18-8-9/h1,4-5,7,9H,2-3,6,8H2,(H,16,17). The Morgan fingerprint density at radius 3 is 3.11 bits per heavy atom. The summed E-state index contributed by atoms with van der Waals surface area (Å²) in [6.07, 6.45) is 4.25. The number of carboxylic acid groups (broad SMARTS) is 1. The molecule has 2 aromatic rings. The van der Waals surface area contributed by atoms with E-state index in [-0.39, 0.29) is 5.69 Å². The number of pyridine rings is 1. The lowest BCUT2D eigenvalue weighted by molar-refractivity contribution is 0.0689. The van der Waals surface area contributed by atoms with Crippen LogP contribution in [0.4, 0.5) is 0 Å². The van der Waals surface area contributed by atoms with E-state index >= 15 is 0 Å². The van der Waals surface area contributed by atoms with E-state index in [0.717, 1.165) is 23.5 Å². The Labute approximate surface area is 109 Å². The van der Waals surface area contributed by atoms with Crippen LogP contribution in [0, 0.1) is 0 Å². The average Bonchev–Trinajstić information content (AvgIpc) is 2.83. The van der Waals surface area contributed by atoms with E-state index in [1.54, 1.807) is 16.5 Å². The van der Waals surface area contributed by atoms with Crippen molar-refractivity contribution < 1.29 is 9.90 Å². The van der Waals surface area contributed by atoms with Crippen molar-refractivity contribution in [3.8, 4) is 0 Å². The van der Waals surface area contributed by atoms with E-state index in [1.807, 2.05) is 24.0 Å². The summed E-state index contributed by atoms with van der Waals surface area (Å²) in [6.45, 7) is 0. The first-order chi connectivity index (χ1) is 8.75. The van der Waals surface area contributed by atoms with Crippen LogP contribution in [0.15, 0.2) is 24.4 Å². The van der Waals surface area contributed by atoms with Crippen LogP contribution in [0.2, 0.25) is 0 Å². The van der Waals surface area contributed by atoms with Gasteiger partial charge in [0.2, 0.25) is 0 Å². The second-order valence-corrected chi connectivity index (χ2v) is 5.67. The zero-order valence-corrected chi connectivity index (χ0v) is 10.7. The van der Waals surface area contributed by atoms with Crippen LogP contribution in [0.25, 0.3) is 5.65 Å². The van der Waals surface area contributed by atoms with Crippen LogP contribution >= 0.6 is 11.8 Å². The van der Waals surface area contributed by atoms with Gasteiger partial charge >= 0.3 is 5.97 Å². The van der Waals surface area contributed by atoms with Gasteiger partial charge in [-0.1, -0.05) is 6.07 Å². The number of imidazole rings is 1. The first-order valence-electron chi connectivity index (χ1n) is 6.05. The van der Waals surface area contributed by atoms with Gasteiger partial charge in [0.05, 0.1) is 5.69 Å². The monoisotopic (exact) mass is 262 g/mol. The third-order valence-corrected chi connectivity index (χ3v) is 4.52. The van der Waals surface area contributed by atoms with Crippen LogP contribution in [-0.4, -0.2) is 32.0 Å². The summed E-state index contributed by atoms with van der Waals surface area (Å²) in [5.41, 5.74) is 2.02. The summed E-state index contributed by atoms with van der Waals surface area (Å²) in [6, 6.07) is 5.20. The van der Waals surface area contributed by atoms with Crippen molar-refractivity contribution in [2.24, 2.45) is 0 Å². The Kier molecular flexibility index (Phi) is 2.99. The number of hydrogen-bond acceptors (Lipinski definition) is 3. The molecule has 3 rings (SSSR count). The van der Waals surface area contributed by atoms with Gasteiger partial charge in [-0.3, -0.25) is 4.40 Å². The molecule has 1 atom stereocenters. The molecule has 4 nitrogen and oxygen atoms in total. The van der Waals surface area contributed by atoms with Gasteiger partial charge in [-0.15, -0.1) is 0 Å². The molecule has 1 N–H and O–H groups in total. The maximum Gasteiger partial charge on any atom is 0.352 e. The molecule has 18 heavy (non-hydrogen) atoms. The molecule has 0 saturated carbocycles. The second kappa shape index (κ2) is 4.65. The highest BCUT2D eigenvalue weighted by Gasteiger charge is 2.20. The Balaban J connectivity index is 2.04. The lowest BCUT2D eigenvalue weighted by Crippen LogP contribution is -2.08. The lowest BCUT2D eigenvalue weighted by Gasteiger charge is -2.18. The molecular weight excluding hydrogens is 248 g/mol. The van der Waals surface area contributed by atoms with Crippen molar-refractivity contribution in [3.63, 3.8) is 0 Å². The molecule has 0 radical (unpaired) electrons. The average molecular weight is 262 g/mol. The van der Waals surface area contributed by atoms with Gasteiger partial charge < -0.3 is 5.11 Å². The van der Waals surface area contributed by atoms with Crippen LogP contribution in [0.3, 0.4) is 0 Å². The van der Waals surface area contributed by atoms with Crippen LogP contribution in [0.5, 0.6) is 0 Å². The fraction of sp³-hybridized carbons (Fsp3) is 0.385. The number of carbonyl (C=O) groups is 1. The minimum Gasteiger partial charge on any atom is -0.477 e. The largest absolute Gasteiger partial charge is 0.477 e. The Morgan fingerprint density at radius 1 is 1.50 bits per heavy atom. The number of aromatic nitrogens is 2. The lowest BCUT2D eigenvalue weighted by atomic mass is 10.0. The second-order valence-electron chi connectivity index (χ2n) is 4.52. The van der Waals surface area contributed by atoms with E-state index in [1.165, 1.54) is 12.2 Å². The van der Waals surface area contributed by atoms with Gasteiger partial charge in [0.15, 0.2) is 0 Å². The predicted molar refractivity (Wildman–Crippen MR) is 71.5 cm³/mol. The third kappa shape index (κ3) is 1.99. The van der Waals surface area contributed by atoms with Crippen LogP contribution in [0.1, 0.15) is 34.9 Å². The Bertz CT molecular complexity index is 588. The summed E-state index contributed by atoms with van der Waals surface area (Å²) >= 11 is 1.95. The van der Waals surface area contributed by atoms with Gasteiger partial charge in [-0.25, -0.2) is 9.78 Å². The highest BCUT2D eigenvalue weighted by molar-refractivity contribution is 7.99. The quantitative estimate of drug-likeness (QED) is 0.904. The molecule has 0 bridgehead atoms. The predicted octanol–water partition coefficient (Wildman–Crippen LogP) is 2.64. The molecule has 5 heteroatoms. The topological polar surface area (TPSA) is 54.6 Å². The zero-order valence-electron chi connectivity index (χ0n) is 9.87. The number of rotatable bonds is 2. The molecule has 0 spiro atoms. The normalized spacial score (nSPS) is 20.1. The van der Waals surface area contributed by atoms with E-state index in [0.29, 0.717) is 5.92 Å². The van der Waals surface area contributed by atoms with E-state index in [2.05, 4.69) is 4.98 Å². The minimum absolute atomic E-state index is 0.273. The molecule has 1 aliphatic heterocycles. The van der Waals surface area contributed by atoms with Crippen LogP contribution < -0.4 is 0 Å².